The molecule has 1 saturated carbocycles. The van der Waals surface area contributed by atoms with Crippen LogP contribution in [0.3, 0.4) is 0 Å². The highest BCUT2D eigenvalue weighted by molar-refractivity contribution is 5.09. The van der Waals surface area contributed by atoms with Crippen molar-refractivity contribution in [3.63, 3.8) is 0 Å². The highest BCUT2D eigenvalue weighted by Gasteiger charge is 2.45. The number of nitrogens with zero attached hydrogens (tertiary/aromatic N) is 2. The van der Waals surface area contributed by atoms with Crippen LogP contribution in [0.5, 0.6) is 0 Å². The lowest BCUT2D eigenvalue weighted by Gasteiger charge is -2.35. The molecule has 1 aromatic rings. The number of nitrogens with one attached hydrogen (secondary N) is 1. The number of aromatic nitrogens is 2. The molecule has 0 aromatic carbocycles. The molecule has 102 valence electrons. The van der Waals surface area contributed by atoms with Crippen LogP contribution in [0, 0.1) is 19.8 Å². The summed E-state index contributed by atoms with van der Waals surface area (Å²) in [6.45, 7) is 9.28. The van der Waals surface area contributed by atoms with Crippen LogP contribution in [0.25, 0.3) is 0 Å². The quantitative estimate of drug-likeness (QED) is 0.808. The highest BCUT2D eigenvalue weighted by atomic mass is 16.3. The molecule has 18 heavy (non-hydrogen) atoms. The van der Waals surface area contributed by atoms with Crippen LogP contribution in [0.2, 0.25) is 0 Å². The van der Waals surface area contributed by atoms with Gasteiger partial charge in [-0.25, -0.2) is 0 Å². The van der Waals surface area contributed by atoms with Gasteiger partial charge in [0.2, 0.25) is 0 Å². The van der Waals surface area contributed by atoms with Crippen LogP contribution in [0.4, 0.5) is 0 Å². The number of hydrogen-bond donors (Lipinski definition) is 2. The molecule has 1 aliphatic carbocycles. The zero-order chi connectivity index (χ0) is 13.3. The standard InChI is InChI=1S/C14H25N3O/c1-10(2)15-14(9-18,13-5-6-13)8-17-12(4)7-11(3)16-17/h7,10,13,15,18H,5-6,8-9H2,1-4H3. The third-order valence-corrected chi connectivity index (χ3v) is 3.75. The first-order chi connectivity index (χ1) is 8.47. The lowest BCUT2D eigenvalue weighted by atomic mass is 9.93. The van der Waals surface area contributed by atoms with Crippen molar-refractivity contribution in [3.05, 3.63) is 17.5 Å². The number of hydrogen-bond acceptors (Lipinski definition) is 3. The van der Waals surface area contributed by atoms with Crippen molar-refractivity contribution >= 4 is 0 Å². The summed E-state index contributed by atoms with van der Waals surface area (Å²) in [7, 11) is 0. The lowest BCUT2D eigenvalue weighted by molar-refractivity contribution is 0.109. The zero-order valence-electron chi connectivity index (χ0n) is 11.9. The molecule has 2 rings (SSSR count). The van der Waals surface area contributed by atoms with Gasteiger partial charge in [0.25, 0.3) is 0 Å². The van der Waals surface area contributed by atoms with E-state index in [0.29, 0.717) is 12.0 Å². The Morgan fingerprint density at radius 2 is 2.17 bits per heavy atom. The molecule has 1 heterocycles. The molecular weight excluding hydrogens is 226 g/mol. The van der Waals surface area contributed by atoms with Gasteiger partial charge in [-0.1, -0.05) is 13.8 Å². The minimum atomic E-state index is -0.211. The maximum Gasteiger partial charge on any atom is 0.0643 e. The van der Waals surface area contributed by atoms with Crippen molar-refractivity contribution in [1.29, 1.82) is 0 Å². The van der Waals surface area contributed by atoms with Crippen LogP contribution in [-0.2, 0) is 6.54 Å². The maximum absolute atomic E-state index is 9.89. The van der Waals surface area contributed by atoms with Crippen molar-refractivity contribution in [2.75, 3.05) is 6.61 Å². The Bertz CT molecular complexity index is 409. The Hall–Kier alpha value is -0.870. The number of aryl methyl sites for hydroxylation is 2. The molecule has 2 N–H and O–H groups in total. The number of aliphatic hydroxyl groups is 1. The van der Waals surface area contributed by atoms with E-state index in [9.17, 15) is 5.11 Å². The molecule has 0 saturated heterocycles. The summed E-state index contributed by atoms with van der Waals surface area (Å²) in [6.07, 6.45) is 2.42. The van der Waals surface area contributed by atoms with Gasteiger partial charge < -0.3 is 10.4 Å². The summed E-state index contributed by atoms with van der Waals surface area (Å²) in [6, 6.07) is 2.46. The average molecular weight is 251 g/mol. The second kappa shape index (κ2) is 5.02. The van der Waals surface area contributed by atoms with Crippen LogP contribution >= 0.6 is 0 Å². The van der Waals surface area contributed by atoms with E-state index in [4.69, 9.17) is 0 Å². The van der Waals surface area contributed by atoms with Gasteiger partial charge in [-0.3, -0.25) is 4.68 Å². The molecule has 1 atom stereocenters. The molecule has 0 aliphatic heterocycles. The lowest BCUT2D eigenvalue weighted by Crippen LogP contribution is -2.56. The molecule has 0 amide bonds. The third kappa shape index (κ3) is 2.75. The summed E-state index contributed by atoms with van der Waals surface area (Å²) >= 11 is 0. The third-order valence-electron chi connectivity index (χ3n) is 3.75. The molecular formula is C14H25N3O. The van der Waals surface area contributed by atoms with Crippen LogP contribution in [-0.4, -0.2) is 33.1 Å². The fourth-order valence-electron chi connectivity index (χ4n) is 2.83. The van der Waals surface area contributed by atoms with E-state index in [0.717, 1.165) is 17.9 Å². The Kier molecular flexibility index (Phi) is 3.78. The van der Waals surface area contributed by atoms with E-state index in [1.165, 1.54) is 12.8 Å². The largest absolute Gasteiger partial charge is 0.394 e. The zero-order valence-corrected chi connectivity index (χ0v) is 11.9. The summed E-state index contributed by atoms with van der Waals surface area (Å²) < 4.78 is 2.03. The van der Waals surface area contributed by atoms with Crippen molar-refractivity contribution in [1.82, 2.24) is 15.1 Å². The van der Waals surface area contributed by atoms with E-state index in [-0.39, 0.29) is 12.1 Å². The fourth-order valence-corrected chi connectivity index (χ4v) is 2.83. The van der Waals surface area contributed by atoms with Gasteiger partial charge in [0.1, 0.15) is 0 Å². The minimum absolute atomic E-state index is 0.175. The summed E-state index contributed by atoms with van der Waals surface area (Å²) in [5.41, 5.74) is 1.99. The minimum Gasteiger partial charge on any atom is -0.394 e. The van der Waals surface area contributed by atoms with Gasteiger partial charge in [0, 0.05) is 11.7 Å². The summed E-state index contributed by atoms with van der Waals surface area (Å²) in [4.78, 5) is 0. The van der Waals surface area contributed by atoms with E-state index in [2.05, 4.69) is 37.3 Å². The Morgan fingerprint density at radius 3 is 2.56 bits per heavy atom. The van der Waals surface area contributed by atoms with Gasteiger partial charge in [0.05, 0.1) is 24.4 Å². The molecule has 1 aliphatic rings. The van der Waals surface area contributed by atoms with Crippen LogP contribution in [0.15, 0.2) is 6.07 Å². The SMILES string of the molecule is Cc1cc(C)n(CC(CO)(NC(C)C)C2CC2)n1. The molecule has 4 nitrogen and oxygen atoms in total. The Balaban J connectivity index is 2.21. The Morgan fingerprint density at radius 1 is 1.50 bits per heavy atom. The molecule has 1 fully saturated rings. The topological polar surface area (TPSA) is 50.1 Å². The fraction of sp³-hybridized carbons (Fsp3) is 0.786. The van der Waals surface area contributed by atoms with E-state index in [1.54, 1.807) is 0 Å². The predicted octanol–water partition coefficient (Wildman–Crippen LogP) is 1.64. The van der Waals surface area contributed by atoms with Crippen LogP contribution < -0.4 is 5.32 Å². The second-order valence-corrected chi connectivity index (χ2v) is 5.97. The Labute approximate surface area is 109 Å². The van der Waals surface area contributed by atoms with Gasteiger partial charge in [-0.2, -0.15) is 5.10 Å². The number of aliphatic hydroxyl groups excluding tert-OH is 1. The molecule has 0 radical (unpaired) electrons. The van der Waals surface area contributed by atoms with Gasteiger partial charge >= 0.3 is 0 Å². The predicted molar refractivity (Wildman–Crippen MR) is 72.5 cm³/mol. The second-order valence-electron chi connectivity index (χ2n) is 5.97. The molecule has 4 heteroatoms. The van der Waals surface area contributed by atoms with Crippen molar-refractivity contribution in [2.24, 2.45) is 5.92 Å². The van der Waals surface area contributed by atoms with Crippen LogP contribution in [0.1, 0.15) is 38.1 Å². The average Bonchev–Trinajstić information content (AvgIpc) is 3.06. The van der Waals surface area contributed by atoms with Gasteiger partial charge in [-0.15, -0.1) is 0 Å². The first kappa shape index (κ1) is 13.6. The molecule has 0 bridgehead atoms. The summed E-state index contributed by atoms with van der Waals surface area (Å²) in [5.74, 6) is 0.578. The number of rotatable bonds is 6. The first-order valence-electron chi connectivity index (χ1n) is 6.86. The van der Waals surface area contributed by atoms with E-state index in [1.807, 2.05) is 11.6 Å². The maximum atomic E-state index is 9.89. The highest BCUT2D eigenvalue weighted by Crippen LogP contribution is 2.41. The first-order valence-corrected chi connectivity index (χ1v) is 6.86. The van der Waals surface area contributed by atoms with Gasteiger partial charge in [-0.05, 0) is 38.7 Å². The van der Waals surface area contributed by atoms with Crippen molar-refractivity contribution in [3.8, 4) is 0 Å². The smallest absolute Gasteiger partial charge is 0.0643 e. The van der Waals surface area contributed by atoms with E-state index < -0.39 is 0 Å². The van der Waals surface area contributed by atoms with Crippen molar-refractivity contribution < 1.29 is 5.11 Å². The van der Waals surface area contributed by atoms with Crippen molar-refractivity contribution in [2.45, 2.75) is 58.7 Å². The summed E-state index contributed by atoms with van der Waals surface area (Å²) in [5, 5.41) is 18.0. The normalized spacial score (nSPS) is 19.2. The van der Waals surface area contributed by atoms with Gasteiger partial charge in [0.15, 0.2) is 0 Å². The monoisotopic (exact) mass is 251 g/mol. The van der Waals surface area contributed by atoms with E-state index >= 15 is 0 Å². The molecule has 1 unspecified atom stereocenters. The molecule has 0 spiro atoms. The molecule has 1 aromatic heterocycles.